The maximum atomic E-state index is 12.8. The van der Waals surface area contributed by atoms with Gasteiger partial charge < -0.3 is 15.5 Å². The number of piperidine rings is 1. The van der Waals surface area contributed by atoms with Crippen molar-refractivity contribution in [2.24, 2.45) is 5.73 Å². The Morgan fingerprint density at radius 2 is 1.92 bits per heavy atom. The molecule has 0 aromatic heterocycles. The highest BCUT2D eigenvalue weighted by atomic mass is 16.2. The third-order valence-electron chi connectivity index (χ3n) is 4.68. The lowest BCUT2D eigenvalue weighted by atomic mass is 10.0. The number of carbonyl (C=O) groups is 2. The summed E-state index contributed by atoms with van der Waals surface area (Å²) in [5.41, 5.74) is 6.39. The molecule has 1 heterocycles. The normalized spacial score (nSPS) is 17.8. The minimum absolute atomic E-state index is 0.0337. The molecule has 1 saturated heterocycles. The van der Waals surface area contributed by atoms with E-state index >= 15 is 0 Å². The van der Waals surface area contributed by atoms with E-state index in [1.165, 1.54) is 0 Å². The molecule has 0 saturated carbocycles. The monoisotopic (exact) mass is 331 g/mol. The van der Waals surface area contributed by atoms with E-state index < -0.39 is 0 Å². The first kappa shape index (κ1) is 18.5. The fourth-order valence-corrected chi connectivity index (χ4v) is 3.20. The van der Waals surface area contributed by atoms with Gasteiger partial charge in [-0.3, -0.25) is 9.59 Å². The van der Waals surface area contributed by atoms with Crippen LogP contribution in [0.5, 0.6) is 0 Å². The van der Waals surface area contributed by atoms with Crippen LogP contribution in [-0.2, 0) is 9.59 Å². The number of benzene rings is 1. The summed E-state index contributed by atoms with van der Waals surface area (Å²) < 4.78 is 0. The zero-order valence-electron chi connectivity index (χ0n) is 14.6. The number of para-hydroxylation sites is 1. The third kappa shape index (κ3) is 4.81. The van der Waals surface area contributed by atoms with Crippen molar-refractivity contribution >= 4 is 17.5 Å². The highest BCUT2D eigenvalue weighted by Gasteiger charge is 2.34. The molecule has 2 amide bonds. The molecule has 24 heavy (non-hydrogen) atoms. The largest absolute Gasteiger partial charge is 0.334 e. The summed E-state index contributed by atoms with van der Waals surface area (Å²) >= 11 is 0. The highest BCUT2D eigenvalue weighted by molar-refractivity contribution is 5.99. The summed E-state index contributed by atoms with van der Waals surface area (Å²) in [7, 11) is 1.76. The molecule has 132 valence electrons. The Morgan fingerprint density at radius 1 is 1.21 bits per heavy atom. The van der Waals surface area contributed by atoms with Crippen LogP contribution in [0.15, 0.2) is 30.3 Å². The average molecular weight is 331 g/mol. The van der Waals surface area contributed by atoms with Crippen molar-refractivity contribution in [3.8, 4) is 0 Å². The second-order valence-electron chi connectivity index (χ2n) is 6.44. The summed E-state index contributed by atoms with van der Waals surface area (Å²) in [5.74, 6) is 0.0995. The Kier molecular flexibility index (Phi) is 7.25. The molecule has 1 aliphatic rings. The zero-order chi connectivity index (χ0) is 17.4. The Bertz CT molecular complexity index is 533. The van der Waals surface area contributed by atoms with Gasteiger partial charge in [0.15, 0.2) is 0 Å². The third-order valence-corrected chi connectivity index (χ3v) is 4.68. The van der Waals surface area contributed by atoms with E-state index in [2.05, 4.69) is 0 Å². The van der Waals surface area contributed by atoms with Gasteiger partial charge in [0.05, 0.1) is 0 Å². The number of anilines is 1. The fraction of sp³-hybridized carbons (Fsp3) is 0.579. The van der Waals surface area contributed by atoms with E-state index in [4.69, 9.17) is 5.73 Å². The molecule has 2 N–H and O–H groups in total. The number of nitrogens with zero attached hydrogens (tertiary/aromatic N) is 2. The van der Waals surface area contributed by atoms with Crippen LogP contribution in [-0.4, -0.2) is 42.9 Å². The summed E-state index contributed by atoms with van der Waals surface area (Å²) in [6.07, 6.45) is 6.14. The van der Waals surface area contributed by atoms with Crippen molar-refractivity contribution < 1.29 is 9.59 Å². The van der Waals surface area contributed by atoms with Crippen LogP contribution in [0.3, 0.4) is 0 Å². The Hall–Kier alpha value is -1.88. The van der Waals surface area contributed by atoms with Crippen molar-refractivity contribution in [2.75, 3.05) is 25.0 Å². The van der Waals surface area contributed by atoms with E-state index in [0.717, 1.165) is 50.8 Å². The van der Waals surface area contributed by atoms with Gasteiger partial charge in [0, 0.05) is 25.7 Å². The molecular weight excluding hydrogens is 302 g/mol. The van der Waals surface area contributed by atoms with Crippen LogP contribution >= 0.6 is 0 Å². The molecule has 1 aromatic rings. The van der Waals surface area contributed by atoms with Gasteiger partial charge in [-0.05, 0) is 44.4 Å². The van der Waals surface area contributed by atoms with Crippen LogP contribution in [0.25, 0.3) is 0 Å². The van der Waals surface area contributed by atoms with Crippen molar-refractivity contribution in [1.29, 1.82) is 0 Å². The Labute approximate surface area is 144 Å². The zero-order valence-corrected chi connectivity index (χ0v) is 14.6. The standard InChI is InChI=1S/C19H29N3O2/c1-21(18(23)13-7-2-3-8-14-20)17-12-9-15-22(19(17)24)16-10-5-4-6-11-16/h4-6,10-11,17H,2-3,7-9,12-15,20H2,1H3. The van der Waals surface area contributed by atoms with Crippen molar-refractivity contribution in [3.63, 3.8) is 0 Å². The first-order valence-electron chi connectivity index (χ1n) is 8.97. The minimum Gasteiger partial charge on any atom is -0.334 e. The van der Waals surface area contributed by atoms with Gasteiger partial charge in [-0.15, -0.1) is 0 Å². The van der Waals surface area contributed by atoms with E-state index in [-0.39, 0.29) is 17.9 Å². The summed E-state index contributed by atoms with van der Waals surface area (Å²) in [5, 5.41) is 0. The fourth-order valence-electron chi connectivity index (χ4n) is 3.20. The molecule has 0 radical (unpaired) electrons. The van der Waals surface area contributed by atoms with Crippen LogP contribution in [0.4, 0.5) is 5.69 Å². The lowest BCUT2D eigenvalue weighted by Gasteiger charge is -2.37. The van der Waals surface area contributed by atoms with E-state index in [0.29, 0.717) is 13.0 Å². The van der Waals surface area contributed by atoms with Gasteiger partial charge >= 0.3 is 0 Å². The Morgan fingerprint density at radius 3 is 2.62 bits per heavy atom. The van der Waals surface area contributed by atoms with Gasteiger partial charge in [0.2, 0.25) is 11.8 Å². The minimum atomic E-state index is -0.338. The SMILES string of the molecule is CN(C(=O)CCCCCCN)C1CCCN(c2ccccc2)C1=O. The number of unbranched alkanes of at least 4 members (excludes halogenated alkanes) is 3. The molecule has 5 heteroatoms. The van der Waals surface area contributed by atoms with Gasteiger partial charge in [0.1, 0.15) is 6.04 Å². The predicted octanol–water partition coefficient (Wildman–Crippen LogP) is 2.55. The molecule has 1 unspecified atom stereocenters. The maximum absolute atomic E-state index is 12.8. The molecule has 1 aromatic carbocycles. The van der Waals surface area contributed by atoms with Crippen molar-refractivity contribution in [1.82, 2.24) is 4.90 Å². The van der Waals surface area contributed by atoms with Crippen LogP contribution in [0.2, 0.25) is 0 Å². The highest BCUT2D eigenvalue weighted by Crippen LogP contribution is 2.23. The molecular formula is C19H29N3O2. The van der Waals surface area contributed by atoms with Gasteiger partial charge in [-0.25, -0.2) is 0 Å². The molecule has 0 spiro atoms. The summed E-state index contributed by atoms with van der Waals surface area (Å²) in [6.45, 7) is 1.43. The van der Waals surface area contributed by atoms with E-state index in [9.17, 15) is 9.59 Å². The first-order valence-corrected chi connectivity index (χ1v) is 8.97. The quantitative estimate of drug-likeness (QED) is 0.745. The number of nitrogens with two attached hydrogens (primary N) is 1. The molecule has 1 fully saturated rings. The number of likely N-dealkylation sites (N-methyl/N-ethyl adjacent to an activating group) is 1. The van der Waals surface area contributed by atoms with E-state index in [1.54, 1.807) is 16.8 Å². The molecule has 0 bridgehead atoms. The van der Waals surface area contributed by atoms with Crippen LogP contribution in [0, 0.1) is 0 Å². The van der Waals surface area contributed by atoms with Crippen molar-refractivity contribution in [3.05, 3.63) is 30.3 Å². The van der Waals surface area contributed by atoms with Crippen LogP contribution in [0.1, 0.15) is 44.9 Å². The lowest BCUT2D eigenvalue weighted by Crippen LogP contribution is -2.53. The molecule has 0 aliphatic carbocycles. The molecule has 1 atom stereocenters. The van der Waals surface area contributed by atoms with Gasteiger partial charge in [0.25, 0.3) is 0 Å². The smallest absolute Gasteiger partial charge is 0.249 e. The number of hydrogen-bond acceptors (Lipinski definition) is 3. The van der Waals surface area contributed by atoms with Gasteiger partial charge in [-0.1, -0.05) is 31.0 Å². The summed E-state index contributed by atoms with van der Waals surface area (Å²) in [4.78, 5) is 28.7. The number of amides is 2. The number of rotatable bonds is 8. The Balaban J connectivity index is 1.90. The lowest BCUT2D eigenvalue weighted by molar-refractivity contribution is -0.139. The second-order valence-corrected chi connectivity index (χ2v) is 6.44. The first-order chi connectivity index (χ1) is 11.6. The average Bonchev–Trinajstić information content (AvgIpc) is 2.61. The topological polar surface area (TPSA) is 66.6 Å². The molecule has 2 rings (SSSR count). The molecule has 5 nitrogen and oxygen atoms in total. The van der Waals surface area contributed by atoms with Gasteiger partial charge in [-0.2, -0.15) is 0 Å². The van der Waals surface area contributed by atoms with Crippen molar-refractivity contribution in [2.45, 2.75) is 51.0 Å². The maximum Gasteiger partial charge on any atom is 0.249 e. The van der Waals surface area contributed by atoms with Crippen LogP contribution < -0.4 is 10.6 Å². The molecule has 1 aliphatic heterocycles. The number of carbonyl (C=O) groups excluding carboxylic acids is 2. The summed E-state index contributed by atoms with van der Waals surface area (Å²) in [6, 6.07) is 9.36. The second kappa shape index (κ2) is 9.42. The predicted molar refractivity (Wildman–Crippen MR) is 96.7 cm³/mol. The number of hydrogen-bond donors (Lipinski definition) is 1. The van der Waals surface area contributed by atoms with E-state index in [1.807, 2.05) is 30.3 Å².